The van der Waals surface area contributed by atoms with Crippen LogP contribution in [0.4, 0.5) is 0 Å². The van der Waals surface area contributed by atoms with E-state index < -0.39 is 0 Å². The minimum absolute atomic E-state index is 0.0189. The van der Waals surface area contributed by atoms with Crippen LogP contribution in [0.2, 0.25) is 0 Å². The lowest BCUT2D eigenvalue weighted by Crippen LogP contribution is -2.31. The van der Waals surface area contributed by atoms with Crippen LogP contribution >= 0.6 is 0 Å². The Labute approximate surface area is 119 Å². The van der Waals surface area contributed by atoms with E-state index in [1.807, 2.05) is 45.0 Å². The fraction of sp³-hybridized carbons (Fsp3) is 0.438. The van der Waals surface area contributed by atoms with Gasteiger partial charge in [-0.25, -0.2) is 0 Å². The summed E-state index contributed by atoms with van der Waals surface area (Å²) in [6, 6.07) is 7.46. The molecule has 0 atom stereocenters. The van der Waals surface area contributed by atoms with Crippen molar-refractivity contribution in [3.63, 3.8) is 0 Å². The van der Waals surface area contributed by atoms with Crippen LogP contribution < -0.4 is 5.32 Å². The van der Waals surface area contributed by atoms with Gasteiger partial charge in [0.05, 0.1) is 18.4 Å². The van der Waals surface area contributed by atoms with Crippen molar-refractivity contribution in [3.05, 3.63) is 48.3 Å². The standard InChI is InChI=1S/C16H21NO3/c1-16(2,3)10-15(18)17-11-12(13-6-4-8-19-13)14-7-5-9-20-14/h4-9,12H,10-11H2,1-3H3,(H,17,18). The van der Waals surface area contributed by atoms with Crippen LogP contribution in [0.25, 0.3) is 0 Å². The molecule has 2 aromatic heterocycles. The maximum Gasteiger partial charge on any atom is 0.220 e. The van der Waals surface area contributed by atoms with Gasteiger partial charge in [0.15, 0.2) is 0 Å². The largest absolute Gasteiger partial charge is 0.469 e. The third-order valence-electron chi connectivity index (χ3n) is 2.97. The van der Waals surface area contributed by atoms with E-state index in [9.17, 15) is 4.79 Å². The van der Waals surface area contributed by atoms with Crippen molar-refractivity contribution in [3.8, 4) is 0 Å². The lowest BCUT2D eigenvalue weighted by Gasteiger charge is -2.19. The van der Waals surface area contributed by atoms with Gasteiger partial charge in [0.1, 0.15) is 11.5 Å². The molecule has 0 unspecified atom stereocenters. The van der Waals surface area contributed by atoms with Crippen LogP contribution in [0, 0.1) is 5.41 Å². The van der Waals surface area contributed by atoms with E-state index in [2.05, 4.69) is 5.32 Å². The summed E-state index contributed by atoms with van der Waals surface area (Å²) in [5.74, 6) is 1.52. The van der Waals surface area contributed by atoms with Crippen LogP contribution in [-0.2, 0) is 4.79 Å². The summed E-state index contributed by atoms with van der Waals surface area (Å²) in [4.78, 5) is 11.9. The zero-order chi connectivity index (χ0) is 14.6. The average Bonchev–Trinajstić information content (AvgIpc) is 2.98. The number of carbonyl (C=O) groups excluding carboxylic acids is 1. The number of nitrogens with one attached hydrogen (secondary N) is 1. The first-order valence-electron chi connectivity index (χ1n) is 6.79. The van der Waals surface area contributed by atoms with E-state index in [4.69, 9.17) is 8.83 Å². The van der Waals surface area contributed by atoms with Crippen LogP contribution in [0.1, 0.15) is 44.6 Å². The molecule has 4 heteroatoms. The third kappa shape index (κ3) is 4.02. The highest BCUT2D eigenvalue weighted by Crippen LogP contribution is 2.25. The highest BCUT2D eigenvalue weighted by atomic mass is 16.3. The summed E-state index contributed by atoms with van der Waals surface area (Å²) >= 11 is 0. The van der Waals surface area contributed by atoms with E-state index in [-0.39, 0.29) is 17.2 Å². The van der Waals surface area contributed by atoms with E-state index in [0.29, 0.717) is 13.0 Å². The number of furan rings is 2. The van der Waals surface area contributed by atoms with Gasteiger partial charge >= 0.3 is 0 Å². The Morgan fingerprint density at radius 1 is 1.15 bits per heavy atom. The molecular weight excluding hydrogens is 254 g/mol. The molecule has 0 saturated carbocycles. The predicted molar refractivity (Wildman–Crippen MR) is 76.3 cm³/mol. The van der Waals surface area contributed by atoms with Crippen molar-refractivity contribution >= 4 is 5.91 Å². The molecule has 0 fully saturated rings. The lowest BCUT2D eigenvalue weighted by atomic mass is 9.92. The highest BCUT2D eigenvalue weighted by Gasteiger charge is 2.22. The zero-order valence-electron chi connectivity index (χ0n) is 12.2. The van der Waals surface area contributed by atoms with Gasteiger partial charge in [-0.3, -0.25) is 4.79 Å². The van der Waals surface area contributed by atoms with Gasteiger partial charge in [0, 0.05) is 13.0 Å². The van der Waals surface area contributed by atoms with E-state index in [0.717, 1.165) is 11.5 Å². The first-order valence-corrected chi connectivity index (χ1v) is 6.79. The van der Waals surface area contributed by atoms with Gasteiger partial charge < -0.3 is 14.2 Å². The first-order chi connectivity index (χ1) is 9.46. The molecule has 20 heavy (non-hydrogen) atoms. The van der Waals surface area contributed by atoms with E-state index in [1.165, 1.54) is 0 Å². The molecule has 0 saturated heterocycles. The molecule has 0 bridgehead atoms. The summed E-state index contributed by atoms with van der Waals surface area (Å²) in [6.45, 7) is 6.60. The minimum atomic E-state index is -0.0936. The van der Waals surface area contributed by atoms with Gasteiger partial charge in [0.25, 0.3) is 0 Å². The van der Waals surface area contributed by atoms with Crippen LogP contribution in [0.5, 0.6) is 0 Å². The Hall–Kier alpha value is -1.97. The molecule has 1 N–H and O–H groups in total. The Balaban J connectivity index is 2.01. The SMILES string of the molecule is CC(C)(C)CC(=O)NCC(c1ccco1)c1ccco1. The second-order valence-electron chi connectivity index (χ2n) is 6.12. The normalized spacial score (nSPS) is 11.8. The second kappa shape index (κ2) is 5.99. The third-order valence-corrected chi connectivity index (χ3v) is 2.97. The highest BCUT2D eigenvalue weighted by molar-refractivity contribution is 5.76. The summed E-state index contributed by atoms with van der Waals surface area (Å²) in [7, 11) is 0. The molecule has 0 radical (unpaired) electrons. The number of rotatable bonds is 5. The Morgan fingerprint density at radius 2 is 1.70 bits per heavy atom. The molecular formula is C16H21NO3. The Kier molecular flexibility index (Phi) is 4.32. The molecule has 0 aromatic carbocycles. The van der Waals surface area contributed by atoms with Gasteiger partial charge in [-0.15, -0.1) is 0 Å². The number of hydrogen-bond acceptors (Lipinski definition) is 3. The summed E-state index contributed by atoms with van der Waals surface area (Å²) < 4.78 is 10.9. The van der Waals surface area contributed by atoms with Crippen molar-refractivity contribution in [1.82, 2.24) is 5.32 Å². The number of hydrogen-bond donors (Lipinski definition) is 1. The maximum atomic E-state index is 11.9. The molecule has 0 aliphatic rings. The fourth-order valence-electron chi connectivity index (χ4n) is 2.08. The molecule has 108 valence electrons. The monoisotopic (exact) mass is 275 g/mol. The molecule has 2 rings (SSSR count). The Bertz CT molecular complexity index is 486. The first kappa shape index (κ1) is 14.4. The van der Waals surface area contributed by atoms with Gasteiger partial charge in [0.2, 0.25) is 5.91 Å². The lowest BCUT2D eigenvalue weighted by molar-refractivity contribution is -0.122. The summed E-state index contributed by atoms with van der Waals surface area (Å²) in [5.41, 5.74) is -0.0189. The zero-order valence-corrected chi connectivity index (χ0v) is 12.2. The fourth-order valence-corrected chi connectivity index (χ4v) is 2.08. The van der Waals surface area contributed by atoms with Crippen molar-refractivity contribution in [2.75, 3.05) is 6.54 Å². The molecule has 1 amide bonds. The maximum absolute atomic E-state index is 11.9. The van der Waals surface area contributed by atoms with E-state index in [1.54, 1.807) is 12.5 Å². The number of amides is 1. The second-order valence-corrected chi connectivity index (χ2v) is 6.12. The molecule has 4 nitrogen and oxygen atoms in total. The van der Waals surface area contributed by atoms with Crippen molar-refractivity contribution < 1.29 is 13.6 Å². The van der Waals surface area contributed by atoms with Crippen LogP contribution in [0.15, 0.2) is 45.6 Å². The van der Waals surface area contributed by atoms with Crippen LogP contribution in [-0.4, -0.2) is 12.5 Å². The van der Waals surface area contributed by atoms with Crippen LogP contribution in [0.3, 0.4) is 0 Å². The summed E-state index contributed by atoms with van der Waals surface area (Å²) in [5, 5.41) is 2.96. The molecule has 0 spiro atoms. The van der Waals surface area contributed by atoms with E-state index >= 15 is 0 Å². The van der Waals surface area contributed by atoms with Crippen molar-refractivity contribution in [1.29, 1.82) is 0 Å². The van der Waals surface area contributed by atoms with Crippen molar-refractivity contribution in [2.24, 2.45) is 5.41 Å². The average molecular weight is 275 g/mol. The molecule has 2 aromatic rings. The van der Waals surface area contributed by atoms with Crippen molar-refractivity contribution in [2.45, 2.75) is 33.1 Å². The molecule has 0 aliphatic heterocycles. The summed E-state index contributed by atoms with van der Waals surface area (Å²) in [6.07, 6.45) is 3.75. The topological polar surface area (TPSA) is 55.4 Å². The number of carbonyl (C=O) groups is 1. The molecule has 0 aliphatic carbocycles. The predicted octanol–water partition coefficient (Wildman–Crippen LogP) is 3.56. The van der Waals surface area contributed by atoms with Gasteiger partial charge in [-0.2, -0.15) is 0 Å². The Morgan fingerprint density at radius 3 is 2.10 bits per heavy atom. The smallest absolute Gasteiger partial charge is 0.220 e. The minimum Gasteiger partial charge on any atom is -0.469 e. The van der Waals surface area contributed by atoms with Gasteiger partial charge in [-0.1, -0.05) is 20.8 Å². The molecule has 2 heterocycles. The quantitative estimate of drug-likeness (QED) is 0.907. The van der Waals surface area contributed by atoms with Gasteiger partial charge in [-0.05, 0) is 29.7 Å².